The number of aliphatic hydroxyl groups excluding tert-OH is 1. The van der Waals surface area contributed by atoms with E-state index in [1.54, 1.807) is 11.9 Å². The smallest absolute Gasteiger partial charge is 0.239 e. The first-order valence-electron chi connectivity index (χ1n) is 5.21. The summed E-state index contributed by atoms with van der Waals surface area (Å²) in [6, 6.07) is 9.38. The molecule has 2 rings (SSSR count). The van der Waals surface area contributed by atoms with Crippen LogP contribution in [0.3, 0.4) is 0 Å². The number of ether oxygens (including phenoxy) is 1. The molecule has 1 heterocycles. The molecule has 0 radical (unpaired) electrons. The van der Waals surface area contributed by atoms with E-state index in [0.29, 0.717) is 13.2 Å². The Morgan fingerprint density at radius 3 is 2.50 bits per heavy atom. The van der Waals surface area contributed by atoms with Crippen molar-refractivity contribution in [3.8, 4) is 0 Å². The Hall–Kier alpha value is -1.39. The molecule has 0 aliphatic carbocycles. The van der Waals surface area contributed by atoms with Crippen molar-refractivity contribution < 1.29 is 14.6 Å². The molecule has 16 heavy (non-hydrogen) atoms. The van der Waals surface area contributed by atoms with Gasteiger partial charge in [-0.1, -0.05) is 18.2 Å². The van der Waals surface area contributed by atoms with Gasteiger partial charge in [0.1, 0.15) is 5.41 Å². The van der Waals surface area contributed by atoms with Crippen molar-refractivity contribution in [2.45, 2.75) is 0 Å². The summed E-state index contributed by atoms with van der Waals surface area (Å²) in [5.41, 5.74) is 0.0946. The summed E-state index contributed by atoms with van der Waals surface area (Å²) in [7, 11) is 1.72. The molecular formula is C12H15NO3. The molecular weight excluding hydrogens is 206 g/mol. The predicted octanol–water partition coefficient (Wildman–Crippen LogP) is 0.658. The first kappa shape index (κ1) is 11.1. The highest BCUT2D eigenvalue weighted by molar-refractivity contribution is 5.97. The molecule has 1 saturated heterocycles. The topological polar surface area (TPSA) is 49.8 Å². The van der Waals surface area contributed by atoms with Gasteiger partial charge in [0.15, 0.2) is 0 Å². The van der Waals surface area contributed by atoms with Crippen LogP contribution in [0.4, 0.5) is 5.69 Å². The van der Waals surface area contributed by atoms with E-state index in [0.717, 1.165) is 5.69 Å². The van der Waals surface area contributed by atoms with Gasteiger partial charge >= 0.3 is 0 Å². The zero-order valence-electron chi connectivity index (χ0n) is 9.22. The zero-order chi connectivity index (χ0) is 11.6. The fraction of sp³-hybridized carbons (Fsp3) is 0.417. The Morgan fingerprint density at radius 1 is 1.44 bits per heavy atom. The molecule has 86 valence electrons. The summed E-state index contributed by atoms with van der Waals surface area (Å²) in [5.74, 6) is -0.0903. The van der Waals surface area contributed by atoms with E-state index >= 15 is 0 Å². The third kappa shape index (κ3) is 1.70. The lowest BCUT2D eigenvalue weighted by Gasteiger charge is -2.40. The van der Waals surface area contributed by atoms with Gasteiger partial charge in [0.25, 0.3) is 0 Å². The summed E-state index contributed by atoms with van der Waals surface area (Å²) < 4.78 is 5.03. The zero-order valence-corrected chi connectivity index (χ0v) is 9.22. The number of hydrogen-bond acceptors (Lipinski definition) is 3. The van der Waals surface area contributed by atoms with Crippen LogP contribution in [0.5, 0.6) is 0 Å². The molecule has 0 atom stereocenters. The lowest BCUT2D eigenvalue weighted by Crippen LogP contribution is -2.56. The van der Waals surface area contributed by atoms with E-state index in [4.69, 9.17) is 4.74 Å². The number of rotatable bonds is 3. The average molecular weight is 221 g/mol. The van der Waals surface area contributed by atoms with Crippen molar-refractivity contribution in [2.75, 3.05) is 31.8 Å². The molecule has 1 aliphatic heterocycles. The van der Waals surface area contributed by atoms with Gasteiger partial charge in [-0.25, -0.2) is 0 Å². The van der Waals surface area contributed by atoms with E-state index in [1.807, 2.05) is 30.3 Å². The number of carbonyl (C=O) groups excluding carboxylic acids is 1. The Morgan fingerprint density at radius 2 is 2.06 bits per heavy atom. The molecule has 0 unspecified atom stereocenters. The standard InChI is InChI=1S/C12H15NO3/c1-13(10-5-3-2-4-6-10)11(15)12(7-14)8-16-9-12/h2-6,14H,7-9H2,1H3. The second-order valence-corrected chi connectivity index (χ2v) is 4.13. The lowest BCUT2D eigenvalue weighted by molar-refractivity contribution is -0.166. The summed E-state index contributed by atoms with van der Waals surface area (Å²) >= 11 is 0. The molecule has 0 spiro atoms. The monoisotopic (exact) mass is 221 g/mol. The Bertz CT molecular complexity index is 368. The van der Waals surface area contributed by atoms with Gasteiger partial charge in [0.05, 0.1) is 19.8 Å². The summed E-state index contributed by atoms with van der Waals surface area (Å²) in [4.78, 5) is 13.7. The van der Waals surface area contributed by atoms with Crippen LogP contribution in [0.25, 0.3) is 0 Å². The van der Waals surface area contributed by atoms with Gasteiger partial charge in [0, 0.05) is 12.7 Å². The van der Waals surface area contributed by atoms with Gasteiger partial charge in [-0.3, -0.25) is 4.79 Å². The maximum atomic E-state index is 12.2. The number of benzene rings is 1. The van der Waals surface area contributed by atoms with Gasteiger partial charge in [-0.2, -0.15) is 0 Å². The molecule has 4 heteroatoms. The lowest BCUT2D eigenvalue weighted by atomic mass is 9.85. The Kier molecular flexibility index (Phi) is 2.94. The molecule has 1 N–H and O–H groups in total. The number of nitrogens with zero attached hydrogens (tertiary/aromatic N) is 1. The van der Waals surface area contributed by atoms with Crippen molar-refractivity contribution >= 4 is 11.6 Å². The van der Waals surface area contributed by atoms with Crippen LogP contribution in [0.1, 0.15) is 0 Å². The van der Waals surface area contributed by atoms with Crippen LogP contribution in [0, 0.1) is 5.41 Å². The highest BCUT2D eigenvalue weighted by Gasteiger charge is 2.47. The molecule has 1 fully saturated rings. The second kappa shape index (κ2) is 4.23. The third-order valence-corrected chi connectivity index (χ3v) is 2.96. The maximum absolute atomic E-state index is 12.2. The molecule has 1 amide bonds. The highest BCUT2D eigenvalue weighted by atomic mass is 16.5. The molecule has 1 aliphatic rings. The van der Waals surface area contributed by atoms with E-state index in [1.165, 1.54) is 0 Å². The van der Waals surface area contributed by atoms with Crippen molar-refractivity contribution in [2.24, 2.45) is 5.41 Å². The van der Waals surface area contributed by atoms with Gasteiger partial charge in [0.2, 0.25) is 5.91 Å². The van der Waals surface area contributed by atoms with E-state index in [9.17, 15) is 9.90 Å². The summed E-state index contributed by atoms with van der Waals surface area (Å²) in [6.07, 6.45) is 0. The Balaban J connectivity index is 2.16. The van der Waals surface area contributed by atoms with Crippen LogP contribution < -0.4 is 4.90 Å². The first-order valence-corrected chi connectivity index (χ1v) is 5.21. The molecule has 1 aromatic carbocycles. The summed E-state index contributed by atoms with van der Waals surface area (Å²) in [6.45, 7) is 0.446. The van der Waals surface area contributed by atoms with Gasteiger partial charge in [-0.15, -0.1) is 0 Å². The SMILES string of the molecule is CN(C(=O)C1(CO)COC1)c1ccccc1. The second-order valence-electron chi connectivity index (χ2n) is 4.13. The van der Waals surface area contributed by atoms with Gasteiger partial charge < -0.3 is 14.7 Å². The average Bonchev–Trinajstić information content (AvgIpc) is 2.28. The number of aliphatic hydroxyl groups is 1. The van der Waals surface area contributed by atoms with Gasteiger partial charge in [-0.05, 0) is 12.1 Å². The van der Waals surface area contributed by atoms with E-state index < -0.39 is 5.41 Å². The number of amides is 1. The molecule has 1 aromatic rings. The molecule has 0 bridgehead atoms. The number of para-hydroxylation sites is 1. The minimum atomic E-state index is -0.732. The van der Waals surface area contributed by atoms with Crippen molar-refractivity contribution in [1.82, 2.24) is 0 Å². The van der Waals surface area contributed by atoms with Crippen LogP contribution in [-0.4, -0.2) is 37.9 Å². The molecule has 4 nitrogen and oxygen atoms in total. The highest BCUT2D eigenvalue weighted by Crippen LogP contribution is 2.30. The minimum absolute atomic E-state index is 0.0903. The van der Waals surface area contributed by atoms with Crippen molar-refractivity contribution in [3.63, 3.8) is 0 Å². The maximum Gasteiger partial charge on any atom is 0.239 e. The largest absolute Gasteiger partial charge is 0.395 e. The van der Waals surface area contributed by atoms with E-state index in [-0.39, 0.29) is 12.5 Å². The number of hydrogen-bond donors (Lipinski definition) is 1. The minimum Gasteiger partial charge on any atom is -0.395 e. The predicted molar refractivity (Wildman–Crippen MR) is 60.2 cm³/mol. The third-order valence-electron chi connectivity index (χ3n) is 2.96. The van der Waals surface area contributed by atoms with E-state index in [2.05, 4.69) is 0 Å². The van der Waals surface area contributed by atoms with Crippen LogP contribution >= 0.6 is 0 Å². The first-order chi connectivity index (χ1) is 7.69. The van der Waals surface area contributed by atoms with Crippen LogP contribution in [0.2, 0.25) is 0 Å². The quantitative estimate of drug-likeness (QED) is 0.815. The summed E-state index contributed by atoms with van der Waals surface area (Å²) in [5, 5.41) is 9.28. The molecule has 0 saturated carbocycles. The fourth-order valence-corrected chi connectivity index (χ4v) is 1.76. The molecule has 0 aromatic heterocycles. The normalized spacial score (nSPS) is 17.6. The van der Waals surface area contributed by atoms with Crippen molar-refractivity contribution in [1.29, 1.82) is 0 Å². The number of anilines is 1. The van der Waals surface area contributed by atoms with Crippen LogP contribution in [0.15, 0.2) is 30.3 Å². The Labute approximate surface area is 94.4 Å². The number of carbonyl (C=O) groups is 1. The van der Waals surface area contributed by atoms with Crippen LogP contribution in [-0.2, 0) is 9.53 Å². The van der Waals surface area contributed by atoms with Crippen molar-refractivity contribution in [3.05, 3.63) is 30.3 Å². The fourth-order valence-electron chi connectivity index (χ4n) is 1.76.